The molecule has 0 heterocycles. The van der Waals surface area contributed by atoms with E-state index in [0.717, 1.165) is 11.1 Å². The molecule has 1 unspecified atom stereocenters. The predicted octanol–water partition coefficient (Wildman–Crippen LogP) is 1.57. The third-order valence-corrected chi connectivity index (χ3v) is 3.41. The maximum Gasteiger partial charge on any atom is 0.225 e. The summed E-state index contributed by atoms with van der Waals surface area (Å²) in [7, 11) is 0. The number of nitrogens with two attached hydrogens (primary N) is 1. The lowest BCUT2D eigenvalue weighted by Crippen LogP contribution is -2.55. The SMILES string of the molecule is CCC(C)(NC(=O)Cc1ccccc1C)/C(N)=N/O. The van der Waals surface area contributed by atoms with Gasteiger partial charge < -0.3 is 16.3 Å². The van der Waals surface area contributed by atoms with Crippen molar-refractivity contribution in [2.45, 2.75) is 39.2 Å². The summed E-state index contributed by atoms with van der Waals surface area (Å²) in [5.74, 6) is -0.140. The van der Waals surface area contributed by atoms with E-state index in [-0.39, 0.29) is 18.2 Å². The zero-order chi connectivity index (χ0) is 14.5. The number of amidine groups is 1. The summed E-state index contributed by atoms with van der Waals surface area (Å²) in [4.78, 5) is 12.1. The van der Waals surface area contributed by atoms with Crippen molar-refractivity contribution in [3.63, 3.8) is 0 Å². The van der Waals surface area contributed by atoms with Crippen molar-refractivity contribution in [1.82, 2.24) is 5.32 Å². The molecule has 1 aromatic rings. The molecule has 0 fully saturated rings. The van der Waals surface area contributed by atoms with Crippen LogP contribution in [0.3, 0.4) is 0 Å². The Morgan fingerprint density at radius 1 is 1.47 bits per heavy atom. The van der Waals surface area contributed by atoms with Gasteiger partial charge in [0.2, 0.25) is 5.91 Å². The third-order valence-electron chi connectivity index (χ3n) is 3.41. The van der Waals surface area contributed by atoms with Gasteiger partial charge in [0, 0.05) is 0 Å². The fourth-order valence-corrected chi connectivity index (χ4v) is 1.78. The lowest BCUT2D eigenvalue weighted by molar-refractivity contribution is -0.121. The van der Waals surface area contributed by atoms with Crippen LogP contribution >= 0.6 is 0 Å². The van der Waals surface area contributed by atoms with Crippen LogP contribution in [-0.4, -0.2) is 22.5 Å². The number of carbonyl (C=O) groups excluding carboxylic acids is 1. The van der Waals surface area contributed by atoms with Gasteiger partial charge in [-0.25, -0.2) is 0 Å². The smallest absolute Gasteiger partial charge is 0.225 e. The lowest BCUT2D eigenvalue weighted by atomic mass is 9.96. The second-order valence-corrected chi connectivity index (χ2v) is 4.82. The highest BCUT2D eigenvalue weighted by Gasteiger charge is 2.29. The number of hydrogen-bond acceptors (Lipinski definition) is 3. The number of rotatable bonds is 5. The molecule has 1 amide bonds. The van der Waals surface area contributed by atoms with Crippen molar-refractivity contribution >= 4 is 11.7 Å². The highest BCUT2D eigenvalue weighted by Crippen LogP contribution is 2.12. The van der Waals surface area contributed by atoms with Gasteiger partial charge in [-0.15, -0.1) is 0 Å². The van der Waals surface area contributed by atoms with Gasteiger partial charge in [0.15, 0.2) is 5.84 Å². The molecule has 0 radical (unpaired) electrons. The number of hydrogen-bond donors (Lipinski definition) is 3. The monoisotopic (exact) mass is 263 g/mol. The molecule has 0 saturated carbocycles. The lowest BCUT2D eigenvalue weighted by Gasteiger charge is -2.28. The van der Waals surface area contributed by atoms with Gasteiger partial charge in [0.1, 0.15) is 0 Å². The van der Waals surface area contributed by atoms with E-state index in [1.807, 2.05) is 38.1 Å². The van der Waals surface area contributed by atoms with Gasteiger partial charge in [-0.2, -0.15) is 0 Å². The van der Waals surface area contributed by atoms with Gasteiger partial charge in [0.25, 0.3) is 0 Å². The molecule has 0 aliphatic rings. The van der Waals surface area contributed by atoms with Crippen molar-refractivity contribution in [2.24, 2.45) is 10.9 Å². The second-order valence-electron chi connectivity index (χ2n) is 4.82. The Labute approximate surface area is 113 Å². The van der Waals surface area contributed by atoms with E-state index in [1.165, 1.54) is 0 Å². The number of benzene rings is 1. The minimum atomic E-state index is -0.825. The van der Waals surface area contributed by atoms with Crippen molar-refractivity contribution in [3.8, 4) is 0 Å². The molecule has 104 valence electrons. The molecule has 1 atom stereocenters. The summed E-state index contributed by atoms with van der Waals surface area (Å²) in [5, 5.41) is 14.6. The molecular weight excluding hydrogens is 242 g/mol. The minimum absolute atomic E-state index is 0.00753. The minimum Gasteiger partial charge on any atom is -0.409 e. The number of oxime groups is 1. The van der Waals surface area contributed by atoms with Crippen LogP contribution in [0.5, 0.6) is 0 Å². The van der Waals surface area contributed by atoms with Gasteiger partial charge in [-0.3, -0.25) is 4.79 Å². The molecule has 19 heavy (non-hydrogen) atoms. The molecule has 0 aliphatic heterocycles. The fourth-order valence-electron chi connectivity index (χ4n) is 1.78. The normalized spacial score (nSPS) is 14.8. The van der Waals surface area contributed by atoms with Crippen LogP contribution in [0.2, 0.25) is 0 Å². The Bertz CT molecular complexity index is 485. The Kier molecular flexibility index (Phi) is 4.92. The first kappa shape index (κ1) is 15.0. The van der Waals surface area contributed by atoms with E-state index in [1.54, 1.807) is 6.92 Å². The van der Waals surface area contributed by atoms with Crippen molar-refractivity contribution < 1.29 is 10.0 Å². The molecule has 0 spiro atoms. The average Bonchev–Trinajstić information content (AvgIpc) is 2.40. The Morgan fingerprint density at radius 2 is 2.11 bits per heavy atom. The topological polar surface area (TPSA) is 87.7 Å². The van der Waals surface area contributed by atoms with Gasteiger partial charge in [0.05, 0.1) is 12.0 Å². The molecular formula is C14H21N3O2. The summed E-state index contributed by atoms with van der Waals surface area (Å²) in [6.45, 7) is 5.56. The van der Waals surface area contributed by atoms with Crippen LogP contribution < -0.4 is 11.1 Å². The highest BCUT2D eigenvalue weighted by atomic mass is 16.4. The van der Waals surface area contributed by atoms with Crippen molar-refractivity contribution in [1.29, 1.82) is 0 Å². The number of carbonyl (C=O) groups is 1. The molecule has 1 rings (SSSR count). The van der Waals surface area contributed by atoms with E-state index in [0.29, 0.717) is 6.42 Å². The Hall–Kier alpha value is -2.04. The Morgan fingerprint density at radius 3 is 2.63 bits per heavy atom. The molecule has 0 saturated heterocycles. The molecule has 1 aromatic carbocycles. The molecule has 5 nitrogen and oxygen atoms in total. The largest absolute Gasteiger partial charge is 0.409 e. The third kappa shape index (κ3) is 3.71. The summed E-state index contributed by atoms with van der Waals surface area (Å²) < 4.78 is 0. The predicted molar refractivity (Wildman–Crippen MR) is 75.1 cm³/mol. The Balaban J connectivity index is 2.78. The first-order valence-corrected chi connectivity index (χ1v) is 6.26. The summed E-state index contributed by atoms with van der Waals surface area (Å²) >= 11 is 0. The van der Waals surface area contributed by atoms with Gasteiger partial charge in [-0.05, 0) is 31.4 Å². The first-order valence-electron chi connectivity index (χ1n) is 6.26. The quantitative estimate of drug-likeness (QED) is 0.326. The fraction of sp³-hybridized carbons (Fsp3) is 0.429. The maximum absolute atomic E-state index is 12.1. The molecule has 5 heteroatoms. The van der Waals surface area contributed by atoms with Crippen molar-refractivity contribution in [3.05, 3.63) is 35.4 Å². The van der Waals surface area contributed by atoms with Crippen molar-refractivity contribution in [2.75, 3.05) is 0 Å². The summed E-state index contributed by atoms with van der Waals surface area (Å²) in [6, 6.07) is 7.72. The van der Waals surface area contributed by atoms with Gasteiger partial charge in [-0.1, -0.05) is 36.3 Å². The van der Waals surface area contributed by atoms with E-state index >= 15 is 0 Å². The zero-order valence-corrected chi connectivity index (χ0v) is 11.6. The first-order chi connectivity index (χ1) is 8.92. The van der Waals surface area contributed by atoms with E-state index in [2.05, 4.69) is 10.5 Å². The van der Waals surface area contributed by atoms with E-state index in [4.69, 9.17) is 10.9 Å². The average molecular weight is 263 g/mol. The second kappa shape index (κ2) is 6.22. The van der Waals surface area contributed by atoms with Crippen LogP contribution in [0.15, 0.2) is 29.4 Å². The zero-order valence-electron chi connectivity index (χ0n) is 11.6. The standard InChI is InChI=1S/C14H21N3O2/c1-4-14(3,13(15)17-19)16-12(18)9-11-8-6-5-7-10(11)2/h5-8,19H,4,9H2,1-3H3,(H2,15,17)(H,16,18). The molecule has 0 aromatic heterocycles. The van der Waals surface area contributed by atoms with E-state index < -0.39 is 5.54 Å². The van der Waals surface area contributed by atoms with Crippen LogP contribution in [0.4, 0.5) is 0 Å². The summed E-state index contributed by atoms with van der Waals surface area (Å²) in [6.07, 6.45) is 0.823. The summed E-state index contributed by atoms with van der Waals surface area (Å²) in [5.41, 5.74) is 6.83. The van der Waals surface area contributed by atoms with E-state index in [9.17, 15) is 4.79 Å². The number of amides is 1. The van der Waals surface area contributed by atoms with Crippen LogP contribution in [0.25, 0.3) is 0 Å². The number of nitrogens with zero attached hydrogens (tertiary/aromatic N) is 1. The molecule has 0 aliphatic carbocycles. The molecule has 0 bridgehead atoms. The van der Waals surface area contributed by atoms with Crippen LogP contribution in [0.1, 0.15) is 31.4 Å². The van der Waals surface area contributed by atoms with Crippen LogP contribution in [0, 0.1) is 6.92 Å². The van der Waals surface area contributed by atoms with Gasteiger partial charge >= 0.3 is 0 Å². The highest BCUT2D eigenvalue weighted by molar-refractivity contribution is 5.93. The van der Waals surface area contributed by atoms with Crippen LogP contribution in [-0.2, 0) is 11.2 Å². The molecule has 4 N–H and O–H groups in total. The number of aryl methyl sites for hydroxylation is 1. The number of nitrogens with one attached hydrogen (secondary N) is 1. The maximum atomic E-state index is 12.1.